The van der Waals surface area contributed by atoms with Crippen LogP contribution >= 0.6 is 0 Å². The maximum absolute atomic E-state index is 12.8. The van der Waals surface area contributed by atoms with Gasteiger partial charge in [-0.1, -0.05) is 6.07 Å². The van der Waals surface area contributed by atoms with Crippen LogP contribution in [0.15, 0.2) is 41.2 Å². The number of aromatic nitrogens is 2. The summed E-state index contributed by atoms with van der Waals surface area (Å²) >= 11 is 0. The molecule has 0 bridgehead atoms. The smallest absolute Gasteiger partial charge is 0.335 e. The molecule has 1 heterocycles. The van der Waals surface area contributed by atoms with E-state index in [9.17, 15) is 23.1 Å². The van der Waals surface area contributed by atoms with Crippen molar-refractivity contribution in [2.24, 2.45) is 0 Å². The summed E-state index contributed by atoms with van der Waals surface area (Å²) in [7, 11) is -1.99. The molecule has 2 N–H and O–H groups in total. The second-order valence-electron chi connectivity index (χ2n) is 6.79. The van der Waals surface area contributed by atoms with Crippen molar-refractivity contribution in [1.29, 1.82) is 0 Å². The van der Waals surface area contributed by atoms with Gasteiger partial charge in [0.15, 0.2) is 11.5 Å². The van der Waals surface area contributed by atoms with Gasteiger partial charge in [-0.15, -0.1) is 0 Å². The number of aromatic carboxylic acids is 1. The van der Waals surface area contributed by atoms with Gasteiger partial charge in [0.1, 0.15) is 9.84 Å². The van der Waals surface area contributed by atoms with Crippen molar-refractivity contribution in [3.05, 3.63) is 58.0 Å². The lowest BCUT2D eigenvalue weighted by molar-refractivity contribution is 0.0697. The Hall–Kier alpha value is -3.27. The third-order valence-corrected chi connectivity index (χ3v) is 5.53. The van der Waals surface area contributed by atoms with Gasteiger partial charge in [0.05, 0.1) is 42.1 Å². The molecule has 0 spiro atoms. The van der Waals surface area contributed by atoms with Crippen LogP contribution in [0, 0.1) is 0 Å². The second-order valence-corrected chi connectivity index (χ2v) is 8.97. The Morgan fingerprint density at radius 2 is 1.93 bits per heavy atom. The van der Waals surface area contributed by atoms with Gasteiger partial charge in [0, 0.05) is 6.26 Å². The summed E-state index contributed by atoms with van der Waals surface area (Å²) in [5.41, 5.74) is 0.702. The van der Waals surface area contributed by atoms with Gasteiger partial charge < -0.3 is 19.6 Å². The Morgan fingerprint density at radius 1 is 1.20 bits per heavy atom. The average Bonchev–Trinajstić information content (AvgIpc) is 3.00. The molecule has 30 heavy (non-hydrogen) atoms. The number of benzene rings is 2. The molecule has 3 aromatic rings. The number of H-pyrrole nitrogens is 1. The summed E-state index contributed by atoms with van der Waals surface area (Å²) < 4.78 is 36.5. The Bertz CT molecular complexity index is 1260. The molecule has 1 unspecified atom stereocenters. The van der Waals surface area contributed by atoms with E-state index < -0.39 is 27.5 Å². The molecular formula is C20H22N2O7S. The van der Waals surface area contributed by atoms with E-state index in [1.54, 1.807) is 18.2 Å². The number of nitrogens with zero attached hydrogens (tertiary/aromatic N) is 1. The molecular weight excluding hydrogens is 412 g/mol. The number of hydrogen-bond donors (Lipinski definition) is 2. The summed E-state index contributed by atoms with van der Waals surface area (Å²) in [6, 6.07) is 8.31. The fourth-order valence-electron chi connectivity index (χ4n) is 3.35. The van der Waals surface area contributed by atoms with Crippen molar-refractivity contribution in [3.63, 3.8) is 0 Å². The fourth-order valence-corrected chi connectivity index (χ4v) is 4.26. The zero-order valence-electron chi connectivity index (χ0n) is 16.7. The van der Waals surface area contributed by atoms with Crippen LogP contribution in [0.25, 0.3) is 11.0 Å². The molecule has 1 aromatic heterocycles. The van der Waals surface area contributed by atoms with Crippen molar-refractivity contribution in [1.82, 2.24) is 9.55 Å². The van der Waals surface area contributed by atoms with Gasteiger partial charge >= 0.3 is 11.7 Å². The van der Waals surface area contributed by atoms with E-state index in [1.165, 1.54) is 29.9 Å². The quantitative estimate of drug-likeness (QED) is 0.555. The Balaban J connectivity index is 2.23. The van der Waals surface area contributed by atoms with Crippen molar-refractivity contribution >= 4 is 26.8 Å². The monoisotopic (exact) mass is 434 g/mol. The summed E-state index contributed by atoms with van der Waals surface area (Å²) in [6.07, 6.45) is 1.09. The Morgan fingerprint density at radius 3 is 2.53 bits per heavy atom. The number of fused-ring (bicyclic) bond motifs is 1. The van der Waals surface area contributed by atoms with E-state index >= 15 is 0 Å². The Kier molecular flexibility index (Phi) is 5.88. The van der Waals surface area contributed by atoms with Gasteiger partial charge in [-0.3, -0.25) is 4.57 Å². The first-order valence-corrected chi connectivity index (χ1v) is 11.2. The van der Waals surface area contributed by atoms with Crippen LogP contribution in [0.2, 0.25) is 0 Å². The highest BCUT2D eigenvalue weighted by molar-refractivity contribution is 7.90. The molecule has 0 aliphatic carbocycles. The normalized spacial score (nSPS) is 12.6. The number of hydrogen-bond acceptors (Lipinski definition) is 6. The largest absolute Gasteiger partial charge is 0.493 e. The molecule has 0 radical (unpaired) electrons. The maximum atomic E-state index is 12.8. The van der Waals surface area contributed by atoms with Crippen LogP contribution < -0.4 is 15.2 Å². The van der Waals surface area contributed by atoms with E-state index in [0.717, 1.165) is 6.26 Å². The topological polar surface area (TPSA) is 128 Å². The predicted molar refractivity (Wildman–Crippen MR) is 112 cm³/mol. The minimum atomic E-state index is -3.49. The van der Waals surface area contributed by atoms with Crippen LogP contribution in [0.3, 0.4) is 0 Å². The summed E-state index contributed by atoms with van der Waals surface area (Å²) in [5, 5.41) is 9.19. The molecule has 2 aromatic carbocycles. The van der Waals surface area contributed by atoms with Gasteiger partial charge in [0.25, 0.3) is 0 Å². The lowest BCUT2D eigenvalue weighted by atomic mass is 10.1. The highest BCUT2D eigenvalue weighted by Crippen LogP contribution is 2.33. The Labute approximate surface area is 172 Å². The van der Waals surface area contributed by atoms with Crippen molar-refractivity contribution < 1.29 is 27.8 Å². The third-order valence-electron chi connectivity index (χ3n) is 4.61. The van der Waals surface area contributed by atoms with Crippen LogP contribution in [0.5, 0.6) is 11.5 Å². The zero-order chi connectivity index (χ0) is 22.1. The number of carbonyl (C=O) groups is 1. The van der Waals surface area contributed by atoms with Crippen molar-refractivity contribution in [3.8, 4) is 11.5 Å². The third kappa shape index (κ3) is 4.33. The molecule has 0 aliphatic rings. The zero-order valence-corrected chi connectivity index (χ0v) is 17.5. The number of rotatable bonds is 8. The van der Waals surface area contributed by atoms with E-state index in [4.69, 9.17) is 9.47 Å². The molecule has 0 saturated carbocycles. The van der Waals surface area contributed by atoms with E-state index in [2.05, 4.69) is 4.98 Å². The highest BCUT2D eigenvalue weighted by Gasteiger charge is 2.25. The van der Waals surface area contributed by atoms with Crippen LogP contribution in [-0.4, -0.2) is 54.8 Å². The van der Waals surface area contributed by atoms with E-state index in [0.29, 0.717) is 34.7 Å². The number of sulfone groups is 1. The molecule has 0 aliphatic heterocycles. The molecule has 9 nitrogen and oxygen atoms in total. The SMILES string of the molecule is CCOc1cc(C(CS(C)(=O)=O)n2c(=O)[nH]c3cc(C(=O)O)ccc32)ccc1OC. The fraction of sp³-hybridized carbons (Fsp3) is 0.300. The summed E-state index contributed by atoms with van der Waals surface area (Å²) in [4.78, 5) is 26.6. The first kappa shape index (κ1) is 21.4. The van der Waals surface area contributed by atoms with Gasteiger partial charge in [0.2, 0.25) is 0 Å². The number of methoxy groups -OCH3 is 1. The van der Waals surface area contributed by atoms with Gasteiger partial charge in [-0.2, -0.15) is 0 Å². The van der Waals surface area contributed by atoms with Gasteiger partial charge in [-0.05, 0) is 42.8 Å². The molecule has 3 rings (SSSR count). The lowest BCUT2D eigenvalue weighted by Crippen LogP contribution is -2.28. The van der Waals surface area contributed by atoms with Gasteiger partial charge in [-0.25, -0.2) is 18.0 Å². The number of ether oxygens (including phenoxy) is 2. The number of imidazole rings is 1. The molecule has 0 amide bonds. The maximum Gasteiger partial charge on any atom is 0.335 e. The first-order chi connectivity index (χ1) is 14.1. The highest BCUT2D eigenvalue weighted by atomic mass is 32.2. The minimum Gasteiger partial charge on any atom is -0.493 e. The number of carboxylic acid groups (broad SMARTS) is 1. The molecule has 10 heteroatoms. The summed E-state index contributed by atoms with van der Waals surface area (Å²) in [6.45, 7) is 2.19. The van der Waals surface area contributed by atoms with Crippen LogP contribution in [0.1, 0.15) is 28.9 Å². The van der Waals surface area contributed by atoms with Crippen LogP contribution in [-0.2, 0) is 9.84 Å². The molecule has 0 saturated heterocycles. The van der Waals surface area contributed by atoms with Crippen LogP contribution in [0.4, 0.5) is 0 Å². The minimum absolute atomic E-state index is 0.0126. The average molecular weight is 434 g/mol. The van der Waals surface area contributed by atoms with Crippen molar-refractivity contribution in [2.45, 2.75) is 13.0 Å². The van der Waals surface area contributed by atoms with E-state index in [-0.39, 0.29) is 11.3 Å². The molecule has 160 valence electrons. The molecule has 1 atom stereocenters. The first-order valence-electron chi connectivity index (χ1n) is 9.10. The standard InChI is InChI=1S/C20H22N2O7S/c1-4-29-18-10-12(6-8-17(18)28-2)16(11-30(3,26)27)22-15-7-5-13(19(23)24)9-14(15)21-20(22)25/h5-10,16H,4,11H2,1-3H3,(H,21,25)(H,23,24). The number of aromatic amines is 1. The number of carboxylic acids is 1. The van der Waals surface area contributed by atoms with E-state index in [1.807, 2.05) is 6.92 Å². The lowest BCUT2D eigenvalue weighted by Gasteiger charge is -2.20. The number of nitrogens with one attached hydrogen (secondary N) is 1. The second kappa shape index (κ2) is 8.23. The van der Waals surface area contributed by atoms with Crippen molar-refractivity contribution in [2.75, 3.05) is 25.7 Å². The molecule has 0 fully saturated rings. The summed E-state index contributed by atoms with van der Waals surface area (Å²) in [5.74, 6) is -0.554. The predicted octanol–water partition coefficient (Wildman–Crippen LogP) is 2.07.